The minimum absolute atomic E-state index is 0.136. The molecule has 0 unspecified atom stereocenters. The molecule has 0 aliphatic rings. The third-order valence-corrected chi connectivity index (χ3v) is 4.88. The summed E-state index contributed by atoms with van der Waals surface area (Å²) in [5.74, 6) is 2.10. The van der Waals surface area contributed by atoms with Crippen LogP contribution in [0.2, 0.25) is 0 Å². The molecule has 0 saturated heterocycles. The summed E-state index contributed by atoms with van der Waals surface area (Å²) in [7, 11) is 1.56. The van der Waals surface area contributed by atoms with Crippen LogP contribution in [0.15, 0.2) is 58.2 Å². The van der Waals surface area contributed by atoms with Gasteiger partial charge in [-0.2, -0.15) is 0 Å². The van der Waals surface area contributed by atoms with Crippen LogP contribution in [-0.2, 0) is 11.4 Å². The molecule has 1 heterocycles. The van der Waals surface area contributed by atoms with Crippen LogP contribution in [0.25, 0.3) is 0 Å². The Labute approximate surface area is 173 Å². The van der Waals surface area contributed by atoms with Crippen LogP contribution in [0.1, 0.15) is 31.2 Å². The van der Waals surface area contributed by atoms with E-state index in [0.29, 0.717) is 28.5 Å². The van der Waals surface area contributed by atoms with Gasteiger partial charge in [-0.25, -0.2) is 0 Å². The van der Waals surface area contributed by atoms with Crippen molar-refractivity contribution >= 4 is 23.4 Å². The number of carbonyl (C=O) groups excluding carboxylic acids is 1. The van der Waals surface area contributed by atoms with E-state index < -0.39 is 0 Å². The van der Waals surface area contributed by atoms with E-state index in [9.17, 15) is 4.79 Å². The fourth-order valence-electron chi connectivity index (χ4n) is 2.51. The van der Waals surface area contributed by atoms with E-state index in [1.54, 1.807) is 19.2 Å². The first-order valence-corrected chi connectivity index (χ1v) is 10.1. The van der Waals surface area contributed by atoms with Gasteiger partial charge >= 0.3 is 0 Å². The number of nitrogens with one attached hydrogen (secondary N) is 1. The Morgan fingerprint density at radius 2 is 1.90 bits per heavy atom. The quantitative estimate of drug-likeness (QED) is 0.516. The first kappa shape index (κ1) is 20.7. The first-order valence-electron chi connectivity index (χ1n) is 9.16. The minimum atomic E-state index is -0.194. The van der Waals surface area contributed by atoms with E-state index in [1.807, 2.05) is 36.4 Å². The number of aromatic nitrogens is 2. The molecule has 0 bridgehead atoms. The number of methoxy groups -OCH3 is 1. The van der Waals surface area contributed by atoms with Crippen LogP contribution in [0, 0.1) is 0 Å². The second-order valence-corrected chi connectivity index (χ2v) is 7.44. The van der Waals surface area contributed by atoms with Gasteiger partial charge in [-0.05, 0) is 35.7 Å². The van der Waals surface area contributed by atoms with Crippen molar-refractivity contribution in [1.82, 2.24) is 10.2 Å². The SMILES string of the molecule is COc1ccccc1NC(=O)CSc1nnc(COc2ccc(C(C)C)cc2)o1. The highest BCUT2D eigenvalue weighted by Crippen LogP contribution is 2.24. The van der Waals surface area contributed by atoms with Gasteiger partial charge in [0, 0.05) is 0 Å². The van der Waals surface area contributed by atoms with Gasteiger partial charge in [0.2, 0.25) is 5.91 Å². The Morgan fingerprint density at radius 1 is 1.14 bits per heavy atom. The van der Waals surface area contributed by atoms with Gasteiger partial charge in [-0.3, -0.25) is 4.79 Å². The lowest BCUT2D eigenvalue weighted by molar-refractivity contribution is -0.113. The lowest BCUT2D eigenvalue weighted by Crippen LogP contribution is -2.14. The molecule has 1 amide bonds. The molecule has 0 spiro atoms. The molecule has 0 saturated carbocycles. The molecule has 0 fully saturated rings. The summed E-state index contributed by atoms with van der Waals surface area (Å²) in [4.78, 5) is 12.1. The second-order valence-electron chi connectivity index (χ2n) is 6.51. The second kappa shape index (κ2) is 9.97. The molecule has 1 aromatic heterocycles. The third-order valence-electron chi connectivity index (χ3n) is 4.07. The van der Waals surface area contributed by atoms with Crippen molar-refractivity contribution in [1.29, 1.82) is 0 Å². The van der Waals surface area contributed by atoms with Crippen molar-refractivity contribution in [2.24, 2.45) is 0 Å². The summed E-state index contributed by atoms with van der Waals surface area (Å²) in [5, 5.41) is 11.0. The minimum Gasteiger partial charge on any atom is -0.495 e. The summed E-state index contributed by atoms with van der Waals surface area (Å²) in [6, 6.07) is 15.1. The Kier molecular flexibility index (Phi) is 7.13. The largest absolute Gasteiger partial charge is 0.495 e. The lowest BCUT2D eigenvalue weighted by atomic mass is 10.0. The van der Waals surface area contributed by atoms with E-state index in [0.717, 1.165) is 17.5 Å². The number of para-hydroxylation sites is 2. The number of anilines is 1. The van der Waals surface area contributed by atoms with Gasteiger partial charge in [0.05, 0.1) is 18.6 Å². The monoisotopic (exact) mass is 413 g/mol. The molecule has 7 nitrogen and oxygen atoms in total. The van der Waals surface area contributed by atoms with Crippen molar-refractivity contribution in [3.05, 3.63) is 60.0 Å². The van der Waals surface area contributed by atoms with E-state index >= 15 is 0 Å². The van der Waals surface area contributed by atoms with Crippen LogP contribution in [0.5, 0.6) is 11.5 Å². The van der Waals surface area contributed by atoms with Crippen LogP contribution >= 0.6 is 11.8 Å². The number of thioether (sulfide) groups is 1. The molecule has 8 heteroatoms. The van der Waals surface area contributed by atoms with Crippen LogP contribution in [0.4, 0.5) is 5.69 Å². The zero-order valence-electron chi connectivity index (χ0n) is 16.5. The molecule has 1 N–H and O–H groups in total. The molecule has 29 heavy (non-hydrogen) atoms. The predicted octanol–water partition coefficient (Wildman–Crippen LogP) is 4.51. The average Bonchev–Trinajstić information content (AvgIpc) is 3.19. The van der Waals surface area contributed by atoms with Gasteiger partial charge in [-0.1, -0.05) is 49.9 Å². The van der Waals surface area contributed by atoms with Crippen molar-refractivity contribution in [3.63, 3.8) is 0 Å². The number of hydrogen-bond acceptors (Lipinski definition) is 7. The van der Waals surface area contributed by atoms with Crippen LogP contribution in [-0.4, -0.2) is 29.0 Å². The maximum atomic E-state index is 12.1. The van der Waals surface area contributed by atoms with Crippen LogP contribution in [0.3, 0.4) is 0 Å². The predicted molar refractivity (Wildman–Crippen MR) is 112 cm³/mol. The van der Waals surface area contributed by atoms with E-state index in [1.165, 1.54) is 5.56 Å². The number of benzene rings is 2. The van der Waals surface area contributed by atoms with Crippen LogP contribution < -0.4 is 14.8 Å². The molecule has 0 radical (unpaired) electrons. The molecular formula is C21H23N3O4S. The standard InChI is InChI=1S/C21H23N3O4S/c1-14(2)15-8-10-16(11-9-15)27-12-20-23-24-21(28-20)29-13-19(25)22-17-6-4-5-7-18(17)26-3/h4-11,14H,12-13H2,1-3H3,(H,22,25). The van der Waals surface area contributed by atoms with Gasteiger partial charge in [0.15, 0.2) is 6.61 Å². The van der Waals surface area contributed by atoms with Gasteiger partial charge < -0.3 is 19.2 Å². The maximum absolute atomic E-state index is 12.1. The summed E-state index contributed by atoms with van der Waals surface area (Å²) in [6.07, 6.45) is 0. The molecule has 0 aliphatic carbocycles. The molecule has 3 rings (SSSR count). The van der Waals surface area contributed by atoms with Crippen molar-refractivity contribution in [2.75, 3.05) is 18.2 Å². The zero-order valence-corrected chi connectivity index (χ0v) is 17.4. The highest BCUT2D eigenvalue weighted by atomic mass is 32.2. The van der Waals surface area contributed by atoms with Crippen molar-refractivity contribution < 1.29 is 18.7 Å². The van der Waals surface area contributed by atoms with Gasteiger partial charge in [-0.15, -0.1) is 10.2 Å². The molecule has 2 aromatic carbocycles. The van der Waals surface area contributed by atoms with E-state index in [-0.39, 0.29) is 18.3 Å². The Hall–Kier alpha value is -3.00. The number of carbonyl (C=O) groups is 1. The topological polar surface area (TPSA) is 86.5 Å². The first-order chi connectivity index (χ1) is 14.0. The maximum Gasteiger partial charge on any atom is 0.277 e. The summed E-state index contributed by atoms with van der Waals surface area (Å²) in [5.41, 5.74) is 1.86. The number of hydrogen-bond donors (Lipinski definition) is 1. The smallest absolute Gasteiger partial charge is 0.277 e. The summed E-state index contributed by atoms with van der Waals surface area (Å²) < 4.78 is 16.4. The van der Waals surface area contributed by atoms with Crippen molar-refractivity contribution in [3.8, 4) is 11.5 Å². The zero-order chi connectivity index (χ0) is 20.6. The number of amides is 1. The molecule has 3 aromatic rings. The normalized spacial score (nSPS) is 10.8. The molecular weight excluding hydrogens is 390 g/mol. The Morgan fingerprint density at radius 3 is 2.62 bits per heavy atom. The fourth-order valence-corrected chi connectivity index (χ4v) is 3.09. The van der Waals surface area contributed by atoms with E-state index in [2.05, 4.69) is 29.4 Å². The fraction of sp³-hybridized carbons (Fsp3) is 0.286. The lowest BCUT2D eigenvalue weighted by Gasteiger charge is -2.08. The molecule has 0 atom stereocenters. The van der Waals surface area contributed by atoms with Gasteiger partial charge in [0.1, 0.15) is 11.5 Å². The number of rotatable bonds is 9. The highest BCUT2D eigenvalue weighted by molar-refractivity contribution is 7.99. The molecule has 152 valence electrons. The Balaban J connectivity index is 1.46. The summed E-state index contributed by atoms with van der Waals surface area (Å²) in [6.45, 7) is 4.45. The summed E-state index contributed by atoms with van der Waals surface area (Å²) >= 11 is 1.16. The number of nitrogens with zero attached hydrogens (tertiary/aromatic N) is 2. The Bertz CT molecular complexity index is 941. The van der Waals surface area contributed by atoms with E-state index in [4.69, 9.17) is 13.9 Å². The average molecular weight is 413 g/mol. The molecule has 0 aliphatic heterocycles. The third kappa shape index (κ3) is 5.99. The number of ether oxygens (including phenoxy) is 2. The van der Waals surface area contributed by atoms with Gasteiger partial charge in [0.25, 0.3) is 11.1 Å². The van der Waals surface area contributed by atoms with Crippen molar-refractivity contribution in [2.45, 2.75) is 31.6 Å². The highest BCUT2D eigenvalue weighted by Gasteiger charge is 2.12.